The molecule has 0 aliphatic heterocycles. The van der Waals surface area contributed by atoms with Gasteiger partial charge in [0.2, 0.25) is 0 Å². The number of rotatable bonds is 1. The molecule has 0 aliphatic carbocycles. The minimum Gasteiger partial charge on any atom is -0.321 e. The van der Waals surface area contributed by atoms with Crippen molar-refractivity contribution in [1.82, 2.24) is 8.75 Å². The van der Waals surface area contributed by atoms with Crippen molar-refractivity contribution in [3.05, 3.63) is 16.1 Å². The average molecular weight is 235 g/mol. The maximum atomic E-state index is 5.88. The van der Waals surface area contributed by atoms with Crippen molar-refractivity contribution in [1.29, 1.82) is 0 Å². The number of hydrogen-bond acceptors (Lipinski definition) is 5. The van der Waals surface area contributed by atoms with E-state index in [1.165, 1.54) is 0 Å². The second-order valence-corrected chi connectivity index (χ2v) is 3.66. The summed E-state index contributed by atoms with van der Waals surface area (Å²) >= 11 is 12.8. The highest BCUT2D eigenvalue weighted by Gasteiger charge is 2.12. The number of halogens is 2. The van der Waals surface area contributed by atoms with Crippen LogP contribution in [0.2, 0.25) is 10.0 Å². The fraction of sp³-hybridized carbons (Fsp3) is 0. The number of anilines is 1. The molecule has 0 unspecified atom stereocenters. The summed E-state index contributed by atoms with van der Waals surface area (Å²) in [5.41, 5.74) is 4.23. The van der Waals surface area contributed by atoms with Gasteiger partial charge in [-0.1, -0.05) is 23.2 Å². The van der Waals surface area contributed by atoms with Crippen molar-refractivity contribution in [2.45, 2.75) is 0 Å². The fourth-order valence-corrected chi connectivity index (χ4v) is 2.18. The minimum absolute atomic E-state index is 0.438. The Morgan fingerprint density at radius 1 is 1.23 bits per heavy atom. The maximum Gasteiger partial charge on any atom is 0.132 e. The zero-order valence-corrected chi connectivity index (χ0v) is 8.54. The van der Waals surface area contributed by atoms with Gasteiger partial charge in [-0.2, -0.15) is 8.75 Å². The van der Waals surface area contributed by atoms with Crippen LogP contribution in [0.5, 0.6) is 0 Å². The molecular weight excluding hydrogens is 231 g/mol. The second-order valence-electron chi connectivity index (χ2n) is 2.32. The number of aromatic nitrogens is 2. The first-order valence-corrected chi connectivity index (χ1v) is 4.79. The van der Waals surface area contributed by atoms with E-state index < -0.39 is 0 Å². The molecule has 0 saturated carbocycles. The molecule has 3 N–H and O–H groups in total. The third-order valence-electron chi connectivity index (χ3n) is 1.59. The lowest BCUT2D eigenvalue weighted by Crippen LogP contribution is -2.07. The number of hydrogen-bond donors (Lipinski definition) is 2. The monoisotopic (exact) mass is 234 g/mol. The summed E-state index contributed by atoms with van der Waals surface area (Å²) in [5, 5.41) is 0.917. The third kappa shape index (κ3) is 1.34. The zero-order chi connectivity index (χ0) is 9.42. The van der Waals surface area contributed by atoms with Gasteiger partial charge in [0.1, 0.15) is 11.0 Å². The number of benzene rings is 1. The molecule has 1 aromatic carbocycles. The number of nitrogens with two attached hydrogens (primary N) is 1. The largest absolute Gasteiger partial charge is 0.321 e. The molecule has 0 bridgehead atoms. The molecule has 0 spiro atoms. The van der Waals surface area contributed by atoms with Crippen LogP contribution < -0.4 is 11.3 Å². The van der Waals surface area contributed by atoms with Gasteiger partial charge in [-0.15, -0.1) is 0 Å². The molecule has 1 aromatic heterocycles. The number of nitrogens with zero attached hydrogens (tertiary/aromatic N) is 2. The normalized spacial score (nSPS) is 10.7. The van der Waals surface area contributed by atoms with Crippen LogP contribution in [0.1, 0.15) is 0 Å². The number of nitrogen functional groups attached to an aromatic ring is 1. The van der Waals surface area contributed by atoms with Gasteiger partial charge < -0.3 is 5.43 Å². The van der Waals surface area contributed by atoms with Crippen molar-refractivity contribution in [2.75, 3.05) is 5.43 Å². The van der Waals surface area contributed by atoms with Crippen LogP contribution in [0, 0.1) is 0 Å². The Labute approximate surface area is 87.9 Å². The molecule has 0 fully saturated rings. The Hall–Kier alpha value is -0.620. The van der Waals surface area contributed by atoms with Gasteiger partial charge in [-0.25, -0.2) is 0 Å². The van der Waals surface area contributed by atoms with Crippen molar-refractivity contribution < 1.29 is 0 Å². The van der Waals surface area contributed by atoms with Gasteiger partial charge in [0, 0.05) is 0 Å². The lowest BCUT2D eigenvalue weighted by Gasteiger charge is -2.03. The van der Waals surface area contributed by atoms with E-state index in [2.05, 4.69) is 14.2 Å². The SMILES string of the molecule is NNc1c(Cl)cc(Cl)c2nsnc12. The first-order chi connectivity index (χ1) is 6.24. The van der Waals surface area contributed by atoms with Crippen LogP contribution in [-0.4, -0.2) is 8.75 Å². The Kier molecular flexibility index (Phi) is 2.25. The van der Waals surface area contributed by atoms with Crippen LogP contribution in [0.15, 0.2) is 6.07 Å². The number of fused-ring (bicyclic) bond motifs is 1. The zero-order valence-electron chi connectivity index (χ0n) is 6.21. The van der Waals surface area contributed by atoms with Crippen LogP contribution in [0.4, 0.5) is 5.69 Å². The Morgan fingerprint density at radius 2 is 1.92 bits per heavy atom. The van der Waals surface area contributed by atoms with Gasteiger partial charge >= 0.3 is 0 Å². The Morgan fingerprint density at radius 3 is 2.62 bits per heavy atom. The molecule has 2 rings (SSSR count). The van der Waals surface area contributed by atoms with Gasteiger partial charge in [0.15, 0.2) is 0 Å². The highest BCUT2D eigenvalue weighted by Crippen LogP contribution is 2.34. The summed E-state index contributed by atoms with van der Waals surface area (Å²) in [6, 6.07) is 1.59. The topological polar surface area (TPSA) is 63.8 Å². The molecule has 7 heteroatoms. The van der Waals surface area contributed by atoms with E-state index >= 15 is 0 Å². The Balaban J connectivity index is 2.88. The number of nitrogens with one attached hydrogen (secondary N) is 1. The van der Waals surface area contributed by atoms with Gasteiger partial charge in [-0.05, 0) is 6.07 Å². The average Bonchev–Trinajstić information content (AvgIpc) is 2.53. The molecule has 0 saturated heterocycles. The first kappa shape index (κ1) is 8.96. The van der Waals surface area contributed by atoms with Crippen molar-refractivity contribution in [2.24, 2.45) is 5.84 Å². The molecular formula is C6H4Cl2N4S. The van der Waals surface area contributed by atoms with E-state index in [0.29, 0.717) is 26.8 Å². The summed E-state index contributed by atoms with van der Waals surface area (Å²) in [7, 11) is 0. The van der Waals surface area contributed by atoms with Crippen molar-refractivity contribution >= 4 is 51.7 Å². The summed E-state index contributed by atoms with van der Waals surface area (Å²) in [6.07, 6.45) is 0. The van der Waals surface area contributed by atoms with E-state index in [1.54, 1.807) is 6.07 Å². The summed E-state index contributed by atoms with van der Waals surface area (Å²) in [4.78, 5) is 0. The van der Waals surface area contributed by atoms with E-state index in [1.807, 2.05) is 0 Å². The summed E-state index contributed by atoms with van der Waals surface area (Å²) in [5.74, 6) is 5.29. The lowest BCUT2D eigenvalue weighted by molar-refractivity contribution is 1.36. The van der Waals surface area contributed by atoms with E-state index in [9.17, 15) is 0 Å². The third-order valence-corrected chi connectivity index (χ3v) is 2.70. The highest BCUT2D eigenvalue weighted by molar-refractivity contribution is 7.00. The van der Waals surface area contributed by atoms with Crippen LogP contribution in [0.25, 0.3) is 11.0 Å². The van der Waals surface area contributed by atoms with Crippen LogP contribution in [0.3, 0.4) is 0 Å². The van der Waals surface area contributed by atoms with Gasteiger partial charge in [0.25, 0.3) is 0 Å². The van der Waals surface area contributed by atoms with E-state index in [0.717, 1.165) is 11.7 Å². The smallest absolute Gasteiger partial charge is 0.132 e. The van der Waals surface area contributed by atoms with Crippen LogP contribution in [-0.2, 0) is 0 Å². The second kappa shape index (κ2) is 3.26. The summed E-state index contributed by atoms with van der Waals surface area (Å²) in [6.45, 7) is 0. The van der Waals surface area contributed by atoms with Crippen molar-refractivity contribution in [3.8, 4) is 0 Å². The van der Waals surface area contributed by atoms with Crippen molar-refractivity contribution in [3.63, 3.8) is 0 Å². The molecule has 0 aliphatic rings. The lowest BCUT2D eigenvalue weighted by atomic mass is 10.2. The first-order valence-electron chi connectivity index (χ1n) is 3.31. The van der Waals surface area contributed by atoms with Gasteiger partial charge in [0.05, 0.1) is 27.5 Å². The predicted octanol–water partition coefficient (Wildman–Crippen LogP) is 2.28. The Bertz CT molecular complexity index is 455. The fourth-order valence-electron chi connectivity index (χ4n) is 1.01. The van der Waals surface area contributed by atoms with Gasteiger partial charge in [-0.3, -0.25) is 5.84 Å². The summed E-state index contributed by atoms with van der Waals surface area (Å²) < 4.78 is 8.04. The standard InChI is InChI=1S/C6H4Cl2N4S/c7-2-1-3(8)5-6(4(2)10-9)12-13-11-5/h1,10H,9H2. The molecule has 1 heterocycles. The molecule has 13 heavy (non-hydrogen) atoms. The molecule has 0 amide bonds. The maximum absolute atomic E-state index is 5.88. The van der Waals surface area contributed by atoms with E-state index in [-0.39, 0.29) is 0 Å². The predicted molar refractivity (Wildman–Crippen MR) is 55.2 cm³/mol. The van der Waals surface area contributed by atoms with E-state index in [4.69, 9.17) is 29.0 Å². The molecule has 0 radical (unpaired) electrons. The number of hydrazine groups is 1. The molecule has 2 aromatic rings. The van der Waals surface area contributed by atoms with Crippen LogP contribution >= 0.6 is 34.9 Å². The highest BCUT2D eigenvalue weighted by atomic mass is 35.5. The molecule has 0 atom stereocenters. The molecule has 68 valence electrons. The minimum atomic E-state index is 0.438. The molecule has 4 nitrogen and oxygen atoms in total. The quantitative estimate of drug-likeness (QED) is 0.587.